The SMILES string of the molecule is CCOC(=O)C(=CC=CN(C)CCOC(=O)C(C)(CC(C)(C)C)CC(C)(C)CC)S(=O)(=O)c1ccccc1. The number of ether oxygens (including phenoxy) is 2. The summed E-state index contributed by atoms with van der Waals surface area (Å²) < 4.78 is 36.7. The summed E-state index contributed by atoms with van der Waals surface area (Å²) in [4.78, 5) is 27.0. The highest BCUT2D eigenvalue weighted by molar-refractivity contribution is 7.96. The smallest absolute Gasteiger partial charge is 0.350 e. The Morgan fingerprint density at radius 3 is 2.08 bits per heavy atom. The fourth-order valence-corrected chi connectivity index (χ4v) is 5.87. The fraction of sp³-hybridized carbons (Fsp3) is 0.600. The van der Waals surface area contributed by atoms with Crippen molar-refractivity contribution in [3.63, 3.8) is 0 Å². The van der Waals surface area contributed by atoms with Gasteiger partial charge in [-0.05, 0) is 68.0 Å². The molecule has 0 fully saturated rings. The molecule has 214 valence electrons. The third-order valence-corrected chi connectivity index (χ3v) is 8.10. The topological polar surface area (TPSA) is 90.0 Å². The standard InChI is InChI=1S/C30H47NO6S/c1-10-29(6,7)23-30(8,22-28(3,4)5)27(33)37-21-20-31(9)19-15-18-25(26(32)36-11-2)38(34,35)24-16-13-12-14-17-24/h12-19H,10-11,20-23H2,1-9H3. The highest BCUT2D eigenvalue weighted by Crippen LogP contribution is 2.44. The van der Waals surface area contributed by atoms with Gasteiger partial charge < -0.3 is 14.4 Å². The van der Waals surface area contributed by atoms with Gasteiger partial charge in [-0.2, -0.15) is 0 Å². The molecule has 1 aromatic rings. The number of esters is 2. The van der Waals surface area contributed by atoms with Crippen molar-refractivity contribution in [1.82, 2.24) is 4.90 Å². The monoisotopic (exact) mass is 549 g/mol. The Morgan fingerprint density at radius 1 is 0.947 bits per heavy atom. The van der Waals surface area contributed by atoms with E-state index in [2.05, 4.69) is 41.5 Å². The Morgan fingerprint density at radius 2 is 1.55 bits per heavy atom. The van der Waals surface area contributed by atoms with Crippen LogP contribution in [0.15, 0.2) is 58.5 Å². The summed E-state index contributed by atoms with van der Waals surface area (Å²) in [6, 6.07) is 7.75. The number of likely N-dealkylation sites (N-methyl/N-ethyl adjacent to an activating group) is 1. The molecule has 0 aliphatic heterocycles. The second-order valence-electron chi connectivity index (χ2n) is 12.0. The quantitative estimate of drug-likeness (QED) is 0.156. The highest BCUT2D eigenvalue weighted by atomic mass is 32.2. The summed E-state index contributed by atoms with van der Waals surface area (Å²) in [6.07, 6.45) is 6.75. The second-order valence-corrected chi connectivity index (χ2v) is 13.9. The van der Waals surface area contributed by atoms with Crippen LogP contribution in [-0.4, -0.2) is 52.1 Å². The third-order valence-electron chi connectivity index (χ3n) is 6.32. The van der Waals surface area contributed by atoms with E-state index < -0.39 is 26.1 Å². The molecule has 0 aliphatic rings. The molecule has 0 aliphatic carbocycles. The molecule has 0 spiro atoms. The van der Waals surface area contributed by atoms with Gasteiger partial charge in [0.1, 0.15) is 6.61 Å². The molecule has 8 heteroatoms. The van der Waals surface area contributed by atoms with Crippen molar-refractivity contribution >= 4 is 21.8 Å². The Hall–Kier alpha value is -2.61. The van der Waals surface area contributed by atoms with Gasteiger partial charge in [0.25, 0.3) is 0 Å². The first-order valence-corrected chi connectivity index (χ1v) is 14.7. The number of sulfone groups is 1. The van der Waals surface area contributed by atoms with Gasteiger partial charge in [0.2, 0.25) is 9.84 Å². The van der Waals surface area contributed by atoms with Crippen LogP contribution in [0.3, 0.4) is 0 Å². The van der Waals surface area contributed by atoms with E-state index in [0.29, 0.717) is 6.54 Å². The van der Waals surface area contributed by atoms with Crippen molar-refractivity contribution in [2.24, 2.45) is 16.2 Å². The van der Waals surface area contributed by atoms with E-state index in [-0.39, 0.29) is 34.9 Å². The van der Waals surface area contributed by atoms with E-state index in [9.17, 15) is 18.0 Å². The molecule has 0 saturated heterocycles. The molecule has 0 radical (unpaired) electrons. The zero-order chi connectivity index (χ0) is 29.2. The summed E-state index contributed by atoms with van der Waals surface area (Å²) in [6.45, 7) is 17.1. The largest absolute Gasteiger partial charge is 0.463 e. The van der Waals surface area contributed by atoms with Gasteiger partial charge in [-0.3, -0.25) is 4.79 Å². The maximum Gasteiger partial charge on any atom is 0.350 e. The van der Waals surface area contributed by atoms with Gasteiger partial charge in [0, 0.05) is 7.05 Å². The zero-order valence-electron chi connectivity index (χ0n) is 24.7. The molecule has 0 amide bonds. The number of hydrogen-bond donors (Lipinski definition) is 0. The van der Waals surface area contributed by atoms with Crippen molar-refractivity contribution in [2.45, 2.75) is 79.5 Å². The van der Waals surface area contributed by atoms with Crippen molar-refractivity contribution in [3.8, 4) is 0 Å². The number of hydrogen-bond acceptors (Lipinski definition) is 7. The molecule has 1 rings (SSSR count). The maximum atomic E-state index is 13.2. The van der Waals surface area contributed by atoms with Gasteiger partial charge in [-0.1, -0.05) is 66.2 Å². The highest BCUT2D eigenvalue weighted by Gasteiger charge is 2.42. The first-order chi connectivity index (χ1) is 17.5. The molecule has 1 atom stereocenters. The summed E-state index contributed by atoms with van der Waals surface area (Å²) in [5.74, 6) is -1.12. The molecule has 0 aromatic heterocycles. The van der Waals surface area contributed by atoms with Gasteiger partial charge >= 0.3 is 11.9 Å². The van der Waals surface area contributed by atoms with Crippen LogP contribution in [0, 0.1) is 16.2 Å². The Kier molecular flexibility index (Phi) is 12.3. The molecular formula is C30H47NO6S. The molecule has 0 heterocycles. The Labute approximate surface area is 230 Å². The lowest BCUT2D eigenvalue weighted by Crippen LogP contribution is -2.38. The van der Waals surface area contributed by atoms with Crippen LogP contribution >= 0.6 is 0 Å². The average Bonchev–Trinajstić information content (AvgIpc) is 2.80. The first-order valence-electron chi connectivity index (χ1n) is 13.2. The number of allylic oxidation sites excluding steroid dienone is 2. The third kappa shape index (κ3) is 10.6. The molecule has 0 bridgehead atoms. The summed E-state index contributed by atoms with van der Waals surface area (Å²) >= 11 is 0. The predicted octanol–water partition coefficient (Wildman–Crippen LogP) is 6.16. The average molecular weight is 550 g/mol. The number of carbonyl (C=O) groups excluding carboxylic acids is 2. The number of carbonyl (C=O) groups is 2. The lowest BCUT2D eigenvalue weighted by Gasteiger charge is -2.39. The maximum absolute atomic E-state index is 13.2. The van der Waals surface area contributed by atoms with Crippen LogP contribution in [0.25, 0.3) is 0 Å². The van der Waals surface area contributed by atoms with Crippen LogP contribution in [-0.2, 0) is 28.9 Å². The number of rotatable bonds is 14. The molecular weight excluding hydrogens is 502 g/mol. The zero-order valence-corrected chi connectivity index (χ0v) is 25.5. The van der Waals surface area contributed by atoms with E-state index >= 15 is 0 Å². The first kappa shape index (κ1) is 33.4. The number of benzene rings is 1. The minimum absolute atomic E-state index is 0.0116. The van der Waals surface area contributed by atoms with E-state index in [4.69, 9.17) is 9.47 Å². The lowest BCUT2D eigenvalue weighted by molar-refractivity contribution is -0.159. The van der Waals surface area contributed by atoms with E-state index in [0.717, 1.165) is 19.3 Å². The second kappa shape index (κ2) is 14.0. The predicted molar refractivity (Wildman–Crippen MR) is 152 cm³/mol. The van der Waals surface area contributed by atoms with Crippen molar-refractivity contribution in [1.29, 1.82) is 0 Å². The summed E-state index contributed by atoms with van der Waals surface area (Å²) in [7, 11) is -2.27. The molecule has 0 N–H and O–H groups in total. The summed E-state index contributed by atoms with van der Waals surface area (Å²) in [5, 5.41) is 0. The number of nitrogens with zero attached hydrogens (tertiary/aromatic N) is 1. The van der Waals surface area contributed by atoms with Crippen molar-refractivity contribution < 1.29 is 27.5 Å². The van der Waals surface area contributed by atoms with Gasteiger partial charge in [-0.25, -0.2) is 13.2 Å². The normalized spacial score (nSPS) is 14.7. The lowest BCUT2D eigenvalue weighted by atomic mass is 9.66. The van der Waals surface area contributed by atoms with E-state index in [1.807, 2.05) is 6.92 Å². The van der Waals surface area contributed by atoms with Crippen LogP contribution < -0.4 is 0 Å². The van der Waals surface area contributed by atoms with Crippen LogP contribution in [0.4, 0.5) is 0 Å². The molecule has 1 unspecified atom stereocenters. The fourth-order valence-electron chi connectivity index (χ4n) is 4.56. The van der Waals surface area contributed by atoms with E-state index in [1.54, 1.807) is 43.3 Å². The Bertz CT molecular complexity index is 1080. The molecule has 0 saturated carbocycles. The molecule has 38 heavy (non-hydrogen) atoms. The van der Waals surface area contributed by atoms with Crippen LogP contribution in [0.2, 0.25) is 0 Å². The van der Waals surface area contributed by atoms with Crippen LogP contribution in [0.1, 0.15) is 74.7 Å². The molecule has 7 nitrogen and oxygen atoms in total. The van der Waals surface area contributed by atoms with Crippen molar-refractivity contribution in [3.05, 3.63) is 53.6 Å². The van der Waals surface area contributed by atoms with Crippen LogP contribution in [0.5, 0.6) is 0 Å². The summed E-state index contributed by atoms with van der Waals surface area (Å²) in [5.41, 5.74) is -0.614. The van der Waals surface area contributed by atoms with Gasteiger partial charge in [-0.15, -0.1) is 0 Å². The van der Waals surface area contributed by atoms with Crippen molar-refractivity contribution in [2.75, 3.05) is 26.8 Å². The Balaban J connectivity index is 2.94. The van der Waals surface area contributed by atoms with Gasteiger partial charge in [0.05, 0.1) is 23.5 Å². The minimum atomic E-state index is -4.05. The van der Waals surface area contributed by atoms with E-state index in [1.165, 1.54) is 24.3 Å². The minimum Gasteiger partial charge on any atom is -0.463 e. The van der Waals surface area contributed by atoms with Gasteiger partial charge in [0.15, 0.2) is 4.91 Å². The molecule has 1 aromatic carbocycles.